The second kappa shape index (κ2) is 5.80. The van der Waals surface area contributed by atoms with Crippen LogP contribution < -0.4 is 0 Å². The molecule has 0 aliphatic rings. The maximum Gasteiger partial charge on any atom is 0.375 e. The first-order valence-electron chi connectivity index (χ1n) is 4.97. The number of carbonyl (C=O) groups is 2. The molecule has 1 aromatic carbocycles. The molecule has 0 bridgehead atoms. The fourth-order valence-electron chi connectivity index (χ4n) is 1.14. The van der Waals surface area contributed by atoms with Gasteiger partial charge in [-0.2, -0.15) is 0 Å². The fourth-order valence-corrected chi connectivity index (χ4v) is 1.40. The molecule has 86 valence electrons. The van der Waals surface area contributed by atoms with Crippen LogP contribution in [0.25, 0.3) is 0 Å². The van der Waals surface area contributed by atoms with Crippen LogP contribution in [0.1, 0.15) is 19.4 Å². The predicted octanol–water partition coefficient (Wildman–Crippen LogP) is 2.51. The number of ether oxygens (including phenoxy) is 1. The highest BCUT2D eigenvalue weighted by Gasteiger charge is 2.16. The molecule has 0 aliphatic heterocycles. The average molecular weight is 285 g/mol. The van der Waals surface area contributed by atoms with Gasteiger partial charge in [-0.25, -0.2) is 4.79 Å². The number of halogens is 1. The lowest BCUT2D eigenvalue weighted by molar-refractivity contribution is -0.156. The first-order chi connectivity index (χ1) is 7.49. The molecule has 0 N–H and O–H groups in total. The lowest BCUT2D eigenvalue weighted by Crippen LogP contribution is -2.22. The highest BCUT2D eigenvalue weighted by Crippen LogP contribution is 2.11. The summed E-state index contributed by atoms with van der Waals surface area (Å²) in [4.78, 5) is 22.7. The summed E-state index contributed by atoms with van der Waals surface area (Å²) in [5.74, 6) is -1.28. The zero-order valence-corrected chi connectivity index (χ0v) is 10.8. The second-order valence-corrected chi connectivity index (χ2v) is 4.60. The Bertz CT molecular complexity index is 382. The lowest BCUT2D eigenvalue weighted by Gasteiger charge is -2.06. The summed E-state index contributed by atoms with van der Waals surface area (Å²) >= 11 is 3.30. The van der Waals surface area contributed by atoms with Crippen LogP contribution >= 0.6 is 15.9 Å². The van der Waals surface area contributed by atoms with E-state index in [1.807, 2.05) is 12.1 Å². The standard InChI is InChI=1S/C12H13BrO3/c1-8(2)16-12(15)11(14)7-9-3-5-10(13)6-4-9/h3-6,8H,7H2,1-2H3. The molecule has 1 rings (SSSR count). The maximum atomic E-state index is 11.4. The number of esters is 1. The molecule has 1 aromatic rings. The smallest absolute Gasteiger partial charge is 0.375 e. The van der Waals surface area contributed by atoms with Crippen LogP contribution in [0.3, 0.4) is 0 Å². The van der Waals surface area contributed by atoms with Crippen LogP contribution in [0.2, 0.25) is 0 Å². The minimum Gasteiger partial charge on any atom is -0.457 e. The molecule has 0 saturated carbocycles. The predicted molar refractivity (Wildman–Crippen MR) is 64.1 cm³/mol. The summed E-state index contributed by atoms with van der Waals surface area (Å²) < 4.78 is 5.75. The van der Waals surface area contributed by atoms with E-state index in [2.05, 4.69) is 15.9 Å². The highest BCUT2D eigenvalue weighted by molar-refractivity contribution is 9.10. The van der Waals surface area contributed by atoms with Crippen molar-refractivity contribution in [3.05, 3.63) is 34.3 Å². The third kappa shape index (κ3) is 4.14. The van der Waals surface area contributed by atoms with E-state index in [1.165, 1.54) is 0 Å². The van der Waals surface area contributed by atoms with Crippen molar-refractivity contribution in [3.63, 3.8) is 0 Å². The Balaban J connectivity index is 2.57. The molecule has 0 aromatic heterocycles. The Morgan fingerprint density at radius 2 is 1.81 bits per heavy atom. The summed E-state index contributed by atoms with van der Waals surface area (Å²) in [5, 5.41) is 0. The quantitative estimate of drug-likeness (QED) is 0.630. The van der Waals surface area contributed by atoms with E-state index in [1.54, 1.807) is 26.0 Å². The first kappa shape index (κ1) is 12.9. The minimum absolute atomic E-state index is 0.0822. The van der Waals surface area contributed by atoms with Crippen molar-refractivity contribution < 1.29 is 14.3 Å². The number of hydrogen-bond donors (Lipinski definition) is 0. The number of ketones is 1. The van der Waals surface area contributed by atoms with E-state index >= 15 is 0 Å². The largest absolute Gasteiger partial charge is 0.457 e. The summed E-state index contributed by atoms with van der Waals surface area (Å²) in [6, 6.07) is 7.25. The Kier molecular flexibility index (Phi) is 4.68. The van der Waals surface area contributed by atoms with Crippen LogP contribution in [-0.4, -0.2) is 17.9 Å². The molecular weight excluding hydrogens is 272 g/mol. The molecule has 0 aliphatic carbocycles. The molecule has 0 saturated heterocycles. The normalized spacial score (nSPS) is 10.2. The van der Waals surface area contributed by atoms with Gasteiger partial charge in [-0.1, -0.05) is 28.1 Å². The number of carbonyl (C=O) groups excluding carboxylic acids is 2. The van der Waals surface area contributed by atoms with Crippen molar-refractivity contribution in [2.45, 2.75) is 26.4 Å². The Morgan fingerprint density at radius 3 is 2.31 bits per heavy atom. The van der Waals surface area contributed by atoms with E-state index in [9.17, 15) is 9.59 Å². The van der Waals surface area contributed by atoms with Crippen LogP contribution in [0.15, 0.2) is 28.7 Å². The van der Waals surface area contributed by atoms with Gasteiger partial charge in [-0.3, -0.25) is 4.79 Å². The van der Waals surface area contributed by atoms with E-state index in [0.717, 1.165) is 10.0 Å². The van der Waals surface area contributed by atoms with Gasteiger partial charge in [-0.05, 0) is 31.5 Å². The van der Waals surface area contributed by atoms with Crippen molar-refractivity contribution in [1.29, 1.82) is 0 Å². The molecular formula is C12H13BrO3. The molecule has 16 heavy (non-hydrogen) atoms. The summed E-state index contributed by atoms with van der Waals surface area (Å²) in [7, 11) is 0. The molecule has 0 heterocycles. The van der Waals surface area contributed by atoms with Crippen LogP contribution in [0.4, 0.5) is 0 Å². The van der Waals surface area contributed by atoms with Gasteiger partial charge in [0.15, 0.2) is 0 Å². The van der Waals surface area contributed by atoms with Crippen LogP contribution in [0, 0.1) is 0 Å². The van der Waals surface area contributed by atoms with Crippen molar-refractivity contribution >= 4 is 27.7 Å². The SMILES string of the molecule is CC(C)OC(=O)C(=O)Cc1ccc(Br)cc1. The second-order valence-electron chi connectivity index (χ2n) is 3.68. The Labute approximate surface area is 103 Å². The topological polar surface area (TPSA) is 43.4 Å². The highest BCUT2D eigenvalue weighted by atomic mass is 79.9. The molecule has 0 amide bonds. The van der Waals surface area contributed by atoms with E-state index < -0.39 is 11.8 Å². The monoisotopic (exact) mass is 284 g/mol. The number of rotatable bonds is 4. The summed E-state index contributed by atoms with van der Waals surface area (Å²) in [6.45, 7) is 3.43. The van der Waals surface area contributed by atoms with Gasteiger partial charge in [0.25, 0.3) is 0 Å². The molecule has 0 fully saturated rings. The van der Waals surface area contributed by atoms with Crippen molar-refractivity contribution in [2.24, 2.45) is 0 Å². The van der Waals surface area contributed by atoms with Gasteiger partial charge in [0.1, 0.15) is 0 Å². The van der Waals surface area contributed by atoms with Gasteiger partial charge in [0.05, 0.1) is 6.10 Å². The first-order valence-corrected chi connectivity index (χ1v) is 5.76. The maximum absolute atomic E-state index is 11.4. The zero-order chi connectivity index (χ0) is 12.1. The molecule has 4 heteroatoms. The van der Waals surface area contributed by atoms with Gasteiger partial charge in [0, 0.05) is 10.9 Å². The van der Waals surface area contributed by atoms with Gasteiger partial charge < -0.3 is 4.74 Å². The van der Waals surface area contributed by atoms with Crippen molar-refractivity contribution in [1.82, 2.24) is 0 Å². The number of hydrogen-bond acceptors (Lipinski definition) is 3. The third-order valence-corrected chi connectivity index (χ3v) is 2.38. The van der Waals surface area contributed by atoms with E-state index in [0.29, 0.717) is 0 Å². The van der Waals surface area contributed by atoms with Gasteiger partial charge >= 0.3 is 5.97 Å². The third-order valence-electron chi connectivity index (χ3n) is 1.85. The van der Waals surface area contributed by atoms with Crippen molar-refractivity contribution in [3.8, 4) is 0 Å². The van der Waals surface area contributed by atoms with Crippen LogP contribution in [-0.2, 0) is 20.7 Å². The molecule has 0 spiro atoms. The zero-order valence-electron chi connectivity index (χ0n) is 9.20. The Morgan fingerprint density at radius 1 is 1.25 bits per heavy atom. The van der Waals surface area contributed by atoms with Gasteiger partial charge in [0.2, 0.25) is 5.78 Å². The summed E-state index contributed by atoms with van der Waals surface area (Å²) in [6.07, 6.45) is -0.180. The van der Waals surface area contributed by atoms with E-state index in [4.69, 9.17) is 4.74 Å². The van der Waals surface area contributed by atoms with Crippen molar-refractivity contribution in [2.75, 3.05) is 0 Å². The fraction of sp³-hybridized carbons (Fsp3) is 0.333. The lowest BCUT2D eigenvalue weighted by atomic mass is 10.1. The van der Waals surface area contributed by atoms with Gasteiger partial charge in [-0.15, -0.1) is 0 Å². The molecule has 0 unspecified atom stereocenters. The average Bonchev–Trinajstić information content (AvgIpc) is 2.20. The molecule has 0 atom stereocenters. The molecule has 3 nitrogen and oxygen atoms in total. The summed E-state index contributed by atoms with van der Waals surface area (Å²) in [5.41, 5.74) is 0.800. The van der Waals surface area contributed by atoms with E-state index in [-0.39, 0.29) is 12.5 Å². The number of Topliss-reactive ketones (excluding diaryl/α,β-unsaturated/α-hetero) is 1. The minimum atomic E-state index is -0.766. The molecule has 0 radical (unpaired) electrons. The Hall–Kier alpha value is -1.16. The van der Waals surface area contributed by atoms with Crippen LogP contribution in [0.5, 0.6) is 0 Å². The number of benzene rings is 1.